The molecule has 1 aromatic rings. The van der Waals surface area contributed by atoms with Crippen molar-refractivity contribution >= 4 is 23.2 Å². The van der Waals surface area contributed by atoms with Gasteiger partial charge in [0.15, 0.2) is 0 Å². The predicted molar refractivity (Wildman–Crippen MR) is 63.9 cm³/mol. The molecule has 4 heteroatoms. The summed E-state index contributed by atoms with van der Waals surface area (Å²) in [7, 11) is 1.56. The van der Waals surface area contributed by atoms with Crippen LogP contribution in [0.2, 0.25) is 5.02 Å². The molecule has 16 heavy (non-hydrogen) atoms. The van der Waals surface area contributed by atoms with Gasteiger partial charge in [-0.05, 0) is 30.5 Å². The Hall–Kier alpha value is -1.22. The zero-order valence-electron chi connectivity index (χ0n) is 9.29. The Balaban J connectivity index is 2.04. The van der Waals surface area contributed by atoms with E-state index in [0.717, 1.165) is 12.1 Å². The molecule has 2 atom stereocenters. The van der Waals surface area contributed by atoms with E-state index in [1.165, 1.54) is 0 Å². The summed E-state index contributed by atoms with van der Waals surface area (Å²) in [5.74, 6) is 1.36. The molecule has 1 amide bonds. The first-order valence-electron chi connectivity index (χ1n) is 5.26. The van der Waals surface area contributed by atoms with E-state index >= 15 is 0 Å². The molecule has 0 spiro atoms. The second kappa shape index (κ2) is 4.34. The van der Waals surface area contributed by atoms with E-state index in [9.17, 15) is 4.79 Å². The molecule has 1 saturated carbocycles. The monoisotopic (exact) mass is 239 g/mol. The maximum Gasteiger partial charge on any atom is 0.227 e. The van der Waals surface area contributed by atoms with Crippen LogP contribution in [0, 0.1) is 11.8 Å². The fraction of sp³-hybridized carbons (Fsp3) is 0.417. The summed E-state index contributed by atoms with van der Waals surface area (Å²) in [6.45, 7) is 2.07. The first-order chi connectivity index (χ1) is 7.61. The number of hydrogen-bond acceptors (Lipinski definition) is 2. The summed E-state index contributed by atoms with van der Waals surface area (Å²) in [5, 5.41) is 3.35. The van der Waals surface area contributed by atoms with Crippen LogP contribution in [0.5, 0.6) is 5.75 Å². The molecular formula is C12H14ClNO2. The van der Waals surface area contributed by atoms with Crippen LogP contribution in [0.4, 0.5) is 5.69 Å². The molecule has 0 bridgehead atoms. The first kappa shape index (κ1) is 11.3. The van der Waals surface area contributed by atoms with Crippen molar-refractivity contribution < 1.29 is 9.53 Å². The first-order valence-corrected chi connectivity index (χ1v) is 5.64. The van der Waals surface area contributed by atoms with Gasteiger partial charge in [-0.3, -0.25) is 4.79 Å². The quantitative estimate of drug-likeness (QED) is 0.881. The molecular weight excluding hydrogens is 226 g/mol. The molecule has 1 aromatic carbocycles. The lowest BCUT2D eigenvalue weighted by Gasteiger charge is -2.07. The standard InChI is InChI=1S/C12H14ClNO2/c1-7-5-9(7)12(15)14-8-3-4-11(16-2)10(13)6-8/h3-4,6-7,9H,5H2,1-2H3,(H,14,15)/t7-,9+/m0/s1. The molecule has 1 aliphatic carbocycles. The smallest absolute Gasteiger partial charge is 0.227 e. The minimum atomic E-state index is 0.0775. The summed E-state index contributed by atoms with van der Waals surface area (Å²) in [5.41, 5.74) is 0.718. The van der Waals surface area contributed by atoms with Crippen LogP contribution in [0.15, 0.2) is 18.2 Å². The van der Waals surface area contributed by atoms with Crippen LogP contribution < -0.4 is 10.1 Å². The third-order valence-electron chi connectivity index (χ3n) is 2.87. The van der Waals surface area contributed by atoms with E-state index in [2.05, 4.69) is 12.2 Å². The van der Waals surface area contributed by atoms with Crippen molar-refractivity contribution in [3.05, 3.63) is 23.2 Å². The number of methoxy groups -OCH3 is 1. The van der Waals surface area contributed by atoms with E-state index in [1.807, 2.05) is 0 Å². The van der Waals surface area contributed by atoms with Gasteiger partial charge in [0.1, 0.15) is 5.75 Å². The number of rotatable bonds is 3. The number of ether oxygens (including phenoxy) is 1. The number of carbonyl (C=O) groups is 1. The normalized spacial score (nSPS) is 22.7. The second-order valence-corrected chi connectivity index (χ2v) is 4.57. The van der Waals surface area contributed by atoms with Crippen molar-refractivity contribution in [1.82, 2.24) is 0 Å². The average Bonchev–Trinajstić information content (AvgIpc) is 2.96. The third-order valence-corrected chi connectivity index (χ3v) is 3.16. The lowest BCUT2D eigenvalue weighted by Crippen LogP contribution is -2.14. The van der Waals surface area contributed by atoms with Gasteiger partial charge in [0.05, 0.1) is 12.1 Å². The van der Waals surface area contributed by atoms with Gasteiger partial charge in [0.25, 0.3) is 0 Å². The van der Waals surface area contributed by atoms with Gasteiger partial charge in [-0.1, -0.05) is 18.5 Å². The molecule has 1 aliphatic rings. The Labute approximate surface area is 99.7 Å². The molecule has 0 aliphatic heterocycles. The Kier molecular flexibility index (Phi) is 3.06. The molecule has 1 N–H and O–H groups in total. The summed E-state index contributed by atoms with van der Waals surface area (Å²) in [6, 6.07) is 5.23. The summed E-state index contributed by atoms with van der Waals surface area (Å²) in [4.78, 5) is 11.7. The SMILES string of the molecule is COc1ccc(NC(=O)[C@@H]2C[C@@H]2C)cc1Cl. The molecule has 1 fully saturated rings. The van der Waals surface area contributed by atoms with Crippen LogP contribution in [-0.2, 0) is 4.79 Å². The highest BCUT2D eigenvalue weighted by atomic mass is 35.5. The lowest BCUT2D eigenvalue weighted by molar-refractivity contribution is -0.117. The maximum absolute atomic E-state index is 11.7. The Morgan fingerprint density at radius 2 is 2.25 bits per heavy atom. The van der Waals surface area contributed by atoms with Crippen LogP contribution in [-0.4, -0.2) is 13.0 Å². The molecule has 0 unspecified atom stereocenters. The van der Waals surface area contributed by atoms with Gasteiger partial charge in [0.2, 0.25) is 5.91 Å². The molecule has 86 valence electrons. The summed E-state index contributed by atoms with van der Waals surface area (Å²) >= 11 is 5.96. The van der Waals surface area contributed by atoms with Crippen molar-refractivity contribution in [2.24, 2.45) is 11.8 Å². The second-order valence-electron chi connectivity index (χ2n) is 4.16. The highest BCUT2D eigenvalue weighted by molar-refractivity contribution is 6.32. The van der Waals surface area contributed by atoms with Gasteiger partial charge in [-0.25, -0.2) is 0 Å². The van der Waals surface area contributed by atoms with Crippen molar-refractivity contribution in [1.29, 1.82) is 0 Å². The molecule has 0 aromatic heterocycles. The topological polar surface area (TPSA) is 38.3 Å². The highest BCUT2D eigenvalue weighted by Gasteiger charge is 2.39. The van der Waals surface area contributed by atoms with Gasteiger partial charge in [-0.2, -0.15) is 0 Å². The van der Waals surface area contributed by atoms with E-state index in [1.54, 1.807) is 25.3 Å². The molecule has 0 saturated heterocycles. The van der Waals surface area contributed by atoms with Crippen molar-refractivity contribution in [3.8, 4) is 5.75 Å². The van der Waals surface area contributed by atoms with E-state index < -0.39 is 0 Å². The van der Waals surface area contributed by atoms with Crippen LogP contribution in [0.1, 0.15) is 13.3 Å². The lowest BCUT2D eigenvalue weighted by atomic mass is 10.2. The van der Waals surface area contributed by atoms with Gasteiger partial charge in [-0.15, -0.1) is 0 Å². The van der Waals surface area contributed by atoms with Gasteiger partial charge < -0.3 is 10.1 Å². The fourth-order valence-corrected chi connectivity index (χ4v) is 1.92. The van der Waals surface area contributed by atoms with Gasteiger partial charge in [0, 0.05) is 11.6 Å². The maximum atomic E-state index is 11.7. The van der Waals surface area contributed by atoms with Crippen LogP contribution >= 0.6 is 11.6 Å². The van der Waals surface area contributed by atoms with Crippen LogP contribution in [0.25, 0.3) is 0 Å². The molecule has 0 radical (unpaired) electrons. The summed E-state index contributed by atoms with van der Waals surface area (Å²) in [6.07, 6.45) is 0.982. The van der Waals surface area contributed by atoms with Crippen molar-refractivity contribution in [2.75, 3.05) is 12.4 Å². The van der Waals surface area contributed by atoms with E-state index in [4.69, 9.17) is 16.3 Å². The molecule has 3 nitrogen and oxygen atoms in total. The Morgan fingerprint density at radius 3 is 2.75 bits per heavy atom. The fourth-order valence-electron chi connectivity index (χ4n) is 1.67. The molecule has 2 rings (SSSR count). The minimum absolute atomic E-state index is 0.0775. The van der Waals surface area contributed by atoms with E-state index in [-0.39, 0.29) is 11.8 Å². The van der Waals surface area contributed by atoms with E-state index in [0.29, 0.717) is 16.7 Å². The number of hydrogen-bond donors (Lipinski definition) is 1. The number of benzene rings is 1. The number of amides is 1. The minimum Gasteiger partial charge on any atom is -0.495 e. The number of nitrogens with one attached hydrogen (secondary N) is 1. The Morgan fingerprint density at radius 1 is 1.56 bits per heavy atom. The van der Waals surface area contributed by atoms with Crippen molar-refractivity contribution in [3.63, 3.8) is 0 Å². The number of anilines is 1. The number of halogens is 1. The van der Waals surface area contributed by atoms with Crippen molar-refractivity contribution in [2.45, 2.75) is 13.3 Å². The zero-order chi connectivity index (χ0) is 11.7. The summed E-state index contributed by atoms with van der Waals surface area (Å²) < 4.78 is 5.04. The van der Waals surface area contributed by atoms with Gasteiger partial charge >= 0.3 is 0 Å². The average molecular weight is 240 g/mol. The largest absolute Gasteiger partial charge is 0.495 e. The predicted octanol–water partition coefficient (Wildman–Crippen LogP) is 2.94. The third kappa shape index (κ3) is 2.30. The number of carbonyl (C=O) groups excluding carboxylic acids is 1. The van der Waals surface area contributed by atoms with Crippen LogP contribution in [0.3, 0.4) is 0 Å². The zero-order valence-corrected chi connectivity index (χ0v) is 10.0. The highest BCUT2D eigenvalue weighted by Crippen LogP contribution is 2.38. The Bertz CT molecular complexity index is 419. The molecule has 0 heterocycles.